The molecule has 3 amide bonds. The van der Waals surface area contributed by atoms with Gasteiger partial charge in [0, 0.05) is 56.2 Å². The minimum atomic E-state index is -1.18. The number of nitrogens with zero attached hydrogens (tertiary/aromatic N) is 4. The van der Waals surface area contributed by atoms with E-state index in [0.29, 0.717) is 78.2 Å². The first-order valence-electron chi connectivity index (χ1n) is 22.0. The van der Waals surface area contributed by atoms with Crippen molar-refractivity contribution in [2.45, 2.75) is 50.7 Å². The number of aromatic carboxylic acids is 1. The van der Waals surface area contributed by atoms with Crippen molar-refractivity contribution in [3.63, 3.8) is 0 Å². The van der Waals surface area contributed by atoms with E-state index in [4.69, 9.17) is 20.9 Å². The van der Waals surface area contributed by atoms with Crippen LogP contribution in [-0.4, -0.2) is 92.4 Å². The second-order valence-electron chi connectivity index (χ2n) is 16.3. The zero-order chi connectivity index (χ0) is 47.5. The lowest BCUT2D eigenvalue weighted by molar-refractivity contribution is 0.0693. The maximum absolute atomic E-state index is 12.8. The number of phenolic OH excluding ortho intramolecular Hbond substituents is 2. The van der Waals surface area contributed by atoms with Gasteiger partial charge < -0.3 is 51.4 Å². The molecule has 6 aromatic rings. The molecule has 0 radical (unpaired) electrons. The van der Waals surface area contributed by atoms with E-state index in [9.17, 15) is 34.5 Å². The number of hydrogen-bond acceptors (Lipinski definition) is 12. The number of carboxylic acids is 1. The number of aromatic hydroxyl groups is 2. The first kappa shape index (κ1) is 46.8. The van der Waals surface area contributed by atoms with E-state index in [-0.39, 0.29) is 59.7 Å². The van der Waals surface area contributed by atoms with Crippen LogP contribution in [0.25, 0.3) is 22.5 Å². The number of carboxylic acid groups (broad SMARTS) is 1. The van der Waals surface area contributed by atoms with Gasteiger partial charge in [0.1, 0.15) is 41.9 Å². The highest BCUT2D eigenvalue weighted by molar-refractivity contribution is 6.00. The Morgan fingerprint density at radius 1 is 0.627 bits per heavy atom. The minimum absolute atomic E-state index is 0.0215. The normalized spacial score (nSPS) is 15.7. The molecule has 2 saturated heterocycles. The highest BCUT2D eigenvalue weighted by atomic mass is 16.6. The van der Waals surface area contributed by atoms with Gasteiger partial charge in [-0.2, -0.15) is 0 Å². The Balaban J connectivity index is 0.000000199. The minimum Gasteiger partial charge on any atom is -0.507 e. The third kappa shape index (κ3) is 11.4. The Bertz CT molecular complexity index is 2720. The van der Waals surface area contributed by atoms with Gasteiger partial charge in [-0.3, -0.25) is 4.79 Å². The van der Waals surface area contributed by atoms with Crippen molar-refractivity contribution in [3.8, 4) is 34.0 Å². The smallest absolute Gasteiger partial charge is 0.410 e. The number of pyridine rings is 2. The molecule has 16 heteroatoms. The lowest BCUT2D eigenvalue weighted by atomic mass is 9.86. The van der Waals surface area contributed by atoms with Crippen LogP contribution in [0, 0.1) is 0 Å². The fourth-order valence-electron chi connectivity index (χ4n) is 8.49. The molecule has 2 unspecified atom stereocenters. The number of rotatable bonds is 10. The van der Waals surface area contributed by atoms with E-state index in [2.05, 4.69) is 15.3 Å². The Hall–Kier alpha value is -8.14. The van der Waals surface area contributed by atoms with Crippen LogP contribution < -0.4 is 16.8 Å². The molecule has 2 aliphatic rings. The maximum Gasteiger partial charge on any atom is 0.410 e. The molecule has 4 heterocycles. The largest absolute Gasteiger partial charge is 0.507 e. The van der Waals surface area contributed by atoms with Crippen molar-refractivity contribution in [3.05, 3.63) is 155 Å². The Kier molecular flexibility index (Phi) is 15.2. The summed E-state index contributed by atoms with van der Waals surface area (Å²) >= 11 is 0. The van der Waals surface area contributed by atoms with E-state index in [1.54, 1.807) is 64.4 Å². The highest BCUT2D eigenvalue weighted by Gasteiger charge is 2.32. The van der Waals surface area contributed by atoms with Crippen molar-refractivity contribution in [1.82, 2.24) is 25.1 Å². The van der Waals surface area contributed by atoms with Crippen molar-refractivity contribution in [1.29, 1.82) is 0 Å². The third-order valence-electron chi connectivity index (χ3n) is 11.8. The molecular weight excluding hydrogens is 855 g/mol. The number of nitrogen functional groups attached to an aromatic ring is 2. The predicted molar refractivity (Wildman–Crippen MR) is 252 cm³/mol. The number of ether oxygens (including phenoxy) is 2. The number of aromatic nitrogens is 2. The van der Waals surface area contributed by atoms with Crippen LogP contribution in [0.4, 0.5) is 21.2 Å². The van der Waals surface area contributed by atoms with E-state index in [0.717, 1.165) is 24.0 Å². The van der Waals surface area contributed by atoms with Gasteiger partial charge in [-0.05, 0) is 84.3 Å². The molecule has 8 N–H and O–H groups in total. The van der Waals surface area contributed by atoms with Crippen LogP contribution in [-0.2, 0) is 22.7 Å². The zero-order valence-electron chi connectivity index (χ0n) is 37.0. The predicted octanol–water partition coefficient (Wildman–Crippen LogP) is 8.16. The SMILES string of the molecule is CNC(=O)c1c(C2CCCN(C(=O)OCc3ccccc3)C2)cc(-c2ccccc2O)nc1N.Nc1nc(-c2ccccc2O)cc(C2CCCN(C(=O)OCc3ccccc3)C2)c1C(=O)O. The van der Waals surface area contributed by atoms with Crippen LogP contribution in [0.15, 0.2) is 121 Å². The standard InChI is InChI=1S/C26H28N4O4.C25H25N3O5/c1-28-25(32)23-20(14-21(29-24(23)27)19-11-5-6-12-22(19)31)18-10-7-13-30(15-18)26(33)34-16-17-8-3-2-4-9-17;26-23-22(24(30)31)19(13-20(27-23)18-10-4-5-11-21(18)29)17-9-6-12-28(14-17)25(32)33-15-16-7-2-1-3-8-16/h2-6,8-9,11-12,14,18,31H,7,10,13,15-16H2,1H3,(H2,27,29)(H,28,32);1-5,7-8,10-11,13,17,29H,6,9,12,14-15H2,(H2,26,27)(H,30,31). The number of piperidine rings is 2. The van der Waals surface area contributed by atoms with Gasteiger partial charge in [0.2, 0.25) is 0 Å². The number of hydrogen-bond donors (Lipinski definition) is 6. The molecule has 16 nitrogen and oxygen atoms in total. The molecule has 2 atom stereocenters. The molecule has 0 saturated carbocycles. The summed E-state index contributed by atoms with van der Waals surface area (Å²) in [6, 6.07) is 35.9. The molecule has 0 spiro atoms. The topological polar surface area (TPSA) is 244 Å². The number of carbonyl (C=O) groups excluding carboxylic acids is 3. The molecule has 2 aromatic heterocycles. The Morgan fingerprint density at radius 2 is 1.03 bits per heavy atom. The number of benzene rings is 4. The summed E-state index contributed by atoms with van der Waals surface area (Å²) < 4.78 is 11.0. The number of nitrogens with two attached hydrogens (primary N) is 2. The van der Waals surface area contributed by atoms with Crippen LogP contribution in [0.5, 0.6) is 11.5 Å². The molecule has 4 aromatic carbocycles. The van der Waals surface area contributed by atoms with Gasteiger partial charge in [0.25, 0.3) is 5.91 Å². The Morgan fingerprint density at radius 3 is 1.45 bits per heavy atom. The number of phenols is 2. The molecule has 0 bridgehead atoms. The van der Waals surface area contributed by atoms with Crippen molar-refractivity contribution >= 4 is 35.7 Å². The van der Waals surface area contributed by atoms with Gasteiger partial charge in [0.05, 0.1) is 17.0 Å². The van der Waals surface area contributed by atoms with Crippen molar-refractivity contribution < 1.29 is 44.0 Å². The summed E-state index contributed by atoms with van der Waals surface area (Å²) in [6.07, 6.45) is 2.08. The fraction of sp³-hybridized carbons (Fsp3) is 0.255. The summed E-state index contributed by atoms with van der Waals surface area (Å²) in [5.41, 5.74) is 17.3. The van der Waals surface area contributed by atoms with Crippen LogP contribution in [0.3, 0.4) is 0 Å². The van der Waals surface area contributed by atoms with Gasteiger partial charge in [0.15, 0.2) is 0 Å². The first-order valence-corrected chi connectivity index (χ1v) is 22.0. The second-order valence-corrected chi connectivity index (χ2v) is 16.3. The molecule has 0 aliphatic carbocycles. The maximum atomic E-state index is 12.8. The monoisotopic (exact) mass is 907 g/mol. The summed E-state index contributed by atoms with van der Waals surface area (Å²) in [5, 5.41) is 33.0. The molecule has 8 rings (SSSR count). The summed E-state index contributed by atoms with van der Waals surface area (Å²) in [5.74, 6) is -1.86. The number of para-hydroxylation sites is 2. The number of nitrogens with one attached hydrogen (secondary N) is 1. The summed E-state index contributed by atoms with van der Waals surface area (Å²) in [4.78, 5) is 62.1. The molecule has 346 valence electrons. The molecule has 2 fully saturated rings. The van der Waals surface area contributed by atoms with Crippen LogP contribution >= 0.6 is 0 Å². The van der Waals surface area contributed by atoms with Crippen LogP contribution in [0.2, 0.25) is 0 Å². The molecule has 67 heavy (non-hydrogen) atoms. The lowest BCUT2D eigenvalue weighted by Gasteiger charge is -2.33. The summed E-state index contributed by atoms with van der Waals surface area (Å²) in [6.45, 7) is 2.16. The van der Waals surface area contributed by atoms with Gasteiger partial charge >= 0.3 is 18.2 Å². The zero-order valence-corrected chi connectivity index (χ0v) is 37.0. The van der Waals surface area contributed by atoms with Gasteiger partial charge in [-0.25, -0.2) is 24.4 Å². The Labute approximate surface area is 387 Å². The lowest BCUT2D eigenvalue weighted by Crippen LogP contribution is -2.40. The molecule has 2 aliphatic heterocycles. The van der Waals surface area contributed by atoms with E-state index < -0.39 is 18.2 Å². The average Bonchev–Trinajstić information content (AvgIpc) is 3.35. The van der Waals surface area contributed by atoms with Gasteiger partial charge in [-0.15, -0.1) is 0 Å². The second kappa shape index (κ2) is 21.7. The van der Waals surface area contributed by atoms with E-state index in [1.807, 2.05) is 60.7 Å². The van der Waals surface area contributed by atoms with Crippen molar-refractivity contribution in [2.75, 3.05) is 44.7 Å². The quantitative estimate of drug-likeness (QED) is 0.0761. The van der Waals surface area contributed by atoms with E-state index in [1.165, 1.54) is 13.1 Å². The van der Waals surface area contributed by atoms with Crippen LogP contribution in [0.1, 0.15) is 80.5 Å². The van der Waals surface area contributed by atoms with E-state index >= 15 is 0 Å². The third-order valence-corrected chi connectivity index (χ3v) is 11.8. The number of likely N-dealkylation sites (tertiary alicyclic amines) is 2. The number of anilines is 2. The fourth-order valence-corrected chi connectivity index (χ4v) is 8.49. The van der Waals surface area contributed by atoms with Gasteiger partial charge in [-0.1, -0.05) is 84.9 Å². The average molecular weight is 908 g/mol. The highest BCUT2D eigenvalue weighted by Crippen LogP contribution is 2.38. The first-order chi connectivity index (χ1) is 32.4. The number of amides is 3. The van der Waals surface area contributed by atoms with Crippen molar-refractivity contribution in [2.24, 2.45) is 0 Å². The molecular formula is C51H53N7O9. The number of carbonyl (C=O) groups is 4. The summed E-state index contributed by atoms with van der Waals surface area (Å²) in [7, 11) is 1.54.